The molecule has 1 saturated heterocycles. The fourth-order valence-corrected chi connectivity index (χ4v) is 2.38. The molecule has 0 spiro atoms. The monoisotopic (exact) mass is 314 g/mol. The van der Waals surface area contributed by atoms with Crippen LogP contribution < -0.4 is 5.46 Å². The molecule has 2 heterocycles. The summed E-state index contributed by atoms with van der Waals surface area (Å²) in [5.41, 5.74) is 0.935. The van der Waals surface area contributed by atoms with E-state index in [2.05, 4.69) is 14.9 Å². The SMILES string of the molecule is COC(=O)c1cc2ccc(B3OC(C)(C)C(C)(C)O3)cc2nn1. The van der Waals surface area contributed by atoms with Crippen LogP contribution in [0.3, 0.4) is 0 Å². The van der Waals surface area contributed by atoms with Gasteiger partial charge in [0.25, 0.3) is 0 Å². The number of hydrogen-bond donors (Lipinski definition) is 0. The molecule has 0 atom stereocenters. The maximum absolute atomic E-state index is 11.5. The molecular weight excluding hydrogens is 295 g/mol. The summed E-state index contributed by atoms with van der Waals surface area (Å²) in [5, 5.41) is 8.80. The van der Waals surface area contributed by atoms with Crippen LogP contribution in [0.2, 0.25) is 0 Å². The topological polar surface area (TPSA) is 70.5 Å². The van der Waals surface area contributed by atoms with Gasteiger partial charge < -0.3 is 14.0 Å². The second kappa shape index (κ2) is 5.28. The van der Waals surface area contributed by atoms with Gasteiger partial charge in [-0.05, 0) is 45.3 Å². The zero-order chi connectivity index (χ0) is 16.8. The fourth-order valence-electron chi connectivity index (χ4n) is 2.38. The average molecular weight is 314 g/mol. The van der Waals surface area contributed by atoms with Gasteiger partial charge in [0.1, 0.15) is 0 Å². The van der Waals surface area contributed by atoms with Crippen LogP contribution in [-0.2, 0) is 14.0 Å². The minimum atomic E-state index is -0.505. The smallest absolute Gasteiger partial charge is 0.464 e. The Bertz CT molecular complexity index is 760. The Kier molecular flexibility index (Phi) is 3.65. The molecule has 0 N–H and O–H groups in total. The van der Waals surface area contributed by atoms with E-state index in [1.54, 1.807) is 6.07 Å². The highest BCUT2D eigenvalue weighted by Gasteiger charge is 2.51. The van der Waals surface area contributed by atoms with Crippen LogP contribution in [0.25, 0.3) is 10.9 Å². The molecule has 0 unspecified atom stereocenters. The lowest BCUT2D eigenvalue weighted by molar-refractivity contribution is 0.00578. The molecule has 7 heteroatoms. The minimum Gasteiger partial charge on any atom is -0.464 e. The average Bonchev–Trinajstić information content (AvgIpc) is 2.73. The maximum Gasteiger partial charge on any atom is 0.494 e. The Labute approximate surface area is 135 Å². The number of aromatic nitrogens is 2. The summed E-state index contributed by atoms with van der Waals surface area (Å²) in [4.78, 5) is 11.5. The molecule has 0 bridgehead atoms. The summed E-state index contributed by atoms with van der Waals surface area (Å²) in [5.74, 6) is -0.505. The van der Waals surface area contributed by atoms with Gasteiger partial charge in [0.15, 0.2) is 5.69 Å². The molecule has 0 aliphatic carbocycles. The third-order valence-corrected chi connectivity index (χ3v) is 4.53. The van der Waals surface area contributed by atoms with Crippen molar-refractivity contribution in [2.45, 2.75) is 38.9 Å². The van der Waals surface area contributed by atoms with Gasteiger partial charge >= 0.3 is 13.1 Å². The van der Waals surface area contributed by atoms with E-state index in [0.29, 0.717) is 5.52 Å². The van der Waals surface area contributed by atoms with E-state index >= 15 is 0 Å². The molecule has 1 aliphatic rings. The van der Waals surface area contributed by atoms with Gasteiger partial charge in [0.2, 0.25) is 0 Å². The van der Waals surface area contributed by atoms with Crippen molar-refractivity contribution in [3.05, 3.63) is 30.0 Å². The number of benzene rings is 1. The molecule has 6 nitrogen and oxygen atoms in total. The van der Waals surface area contributed by atoms with Crippen LogP contribution in [0.4, 0.5) is 0 Å². The van der Waals surface area contributed by atoms with Gasteiger partial charge in [-0.3, -0.25) is 0 Å². The molecule has 1 aromatic carbocycles. The van der Waals surface area contributed by atoms with Crippen molar-refractivity contribution in [3.8, 4) is 0 Å². The van der Waals surface area contributed by atoms with Gasteiger partial charge in [0.05, 0.1) is 23.8 Å². The van der Waals surface area contributed by atoms with Gasteiger partial charge in [-0.25, -0.2) is 4.79 Å². The quantitative estimate of drug-likeness (QED) is 0.621. The fraction of sp³-hybridized carbons (Fsp3) is 0.438. The summed E-state index contributed by atoms with van der Waals surface area (Å²) in [6, 6.07) is 7.30. The minimum absolute atomic E-state index is 0.184. The first-order valence-corrected chi connectivity index (χ1v) is 7.45. The number of ether oxygens (including phenoxy) is 1. The Morgan fingerprint density at radius 3 is 2.35 bits per heavy atom. The molecule has 0 radical (unpaired) electrons. The highest BCUT2D eigenvalue weighted by molar-refractivity contribution is 6.62. The molecule has 0 saturated carbocycles. The lowest BCUT2D eigenvalue weighted by atomic mass is 9.79. The predicted molar refractivity (Wildman–Crippen MR) is 86.6 cm³/mol. The zero-order valence-electron chi connectivity index (χ0n) is 13.9. The standard InChI is InChI=1S/C16H19BN2O4/c1-15(2)16(3,4)23-17(22-15)11-7-6-10-8-13(14(20)21-5)19-18-12(10)9-11/h6-9H,1-5H3. The lowest BCUT2D eigenvalue weighted by Gasteiger charge is -2.32. The van der Waals surface area contributed by atoms with E-state index in [9.17, 15) is 4.79 Å². The number of hydrogen-bond acceptors (Lipinski definition) is 6. The van der Waals surface area contributed by atoms with Gasteiger partial charge in [-0.15, -0.1) is 10.2 Å². The normalized spacial score (nSPS) is 19.1. The van der Waals surface area contributed by atoms with E-state index in [1.165, 1.54) is 7.11 Å². The number of esters is 1. The van der Waals surface area contributed by atoms with Crippen LogP contribution in [0.5, 0.6) is 0 Å². The van der Waals surface area contributed by atoms with E-state index in [4.69, 9.17) is 9.31 Å². The molecule has 2 aromatic rings. The maximum atomic E-state index is 11.5. The van der Waals surface area contributed by atoms with Crippen molar-refractivity contribution in [2.75, 3.05) is 7.11 Å². The molecule has 1 aliphatic heterocycles. The lowest BCUT2D eigenvalue weighted by Crippen LogP contribution is -2.41. The largest absolute Gasteiger partial charge is 0.494 e. The highest BCUT2D eigenvalue weighted by atomic mass is 16.7. The van der Waals surface area contributed by atoms with E-state index < -0.39 is 24.3 Å². The van der Waals surface area contributed by atoms with Gasteiger partial charge in [0, 0.05) is 5.39 Å². The molecule has 1 fully saturated rings. The number of fused-ring (bicyclic) bond motifs is 1. The number of nitrogens with zero attached hydrogens (tertiary/aromatic N) is 2. The Morgan fingerprint density at radius 2 is 1.74 bits per heavy atom. The van der Waals surface area contributed by atoms with Crippen molar-refractivity contribution in [1.82, 2.24) is 10.2 Å². The summed E-state index contributed by atoms with van der Waals surface area (Å²) in [6.07, 6.45) is 0. The summed E-state index contributed by atoms with van der Waals surface area (Å²) in [7, 11) is 0.863. The number of rotatable bonds is 2. The van der Waals surface area contributed by atoms with Gasteiger partial charge in [-0.2, -0.15) is 0 Å². The molecule has 0 amide bonds. The van der Waals surface area contributed by atoms with Crippen molar-refractivity contribution < 1.29 is 18.8 Å². The number of carbonyl (C=O) groups is 1. The summed E-state index contributed by atoms with van der Waals surface area (Å²) >= 11 is 0. The number of methoxy groups -OCH3 is 1. The third kappa shape index (κ3) is 2.70. The molecule has 1 aromatic heterocycles. The zero-order valence-corrected chi connectivity index (χ0v) is 13.9. The predicted octanol–water partition coefficient (Wildman–Crippen LogP) is 1.72. The van der Waals surface area contributed by atoms with Crippen molar-refractivity contribution in [1.29, 1.82) is 0 Å². The molecule has 120 valence electrons. The van der Waals surface area contributed by atoms with Crippen molar-refractivity contribution >= 4 is 29.5 Å². The second-order valence-electron chi connectivity index (χ2n) is 6.63. The second-order valence-corrected chi connectivity index (χ2v) is 6.63. The van der Waals surface area contributed by atoms with Gasteiger partial charge in [-0.1, -0.05) is 12.1 Å². The third-order valence-electron chi connectivity index (χ3n) is 4.53. The van der Waals surface area contributed by atoms with Crippen LogP contribution in [-0.4, -0.2) is 41.6 Å². The first-order valence-electron chi connectivity index (χ1n) is 7.45. The Morgan fingerprint density at radius 1 is 1.09 bits per heavy atom. The molecule has 23 heavy (non-hydrogen) atoms. The van der Waals surface area contributed by atoms with E-state index in [0.717, 1.165) is 10.8 Å². The summed E-state index contributed by atoms with van der Waals surface area (Å²) in [6.45, 7) is 8.04. The van der Waals surface area contributed by atoms with Crippen LogP contribution in [0, 0.1) is 0 Å². The van der Waals surface area contributed by atoms with E-state index in [-0.39, 0.29) is 5.69 Å². The summed E-state index contributed by atoms with van der Waals surface area (Å²) < 4.78 is 16.7. The molecule has 3 rings (SSSR count). The number of carbonyl (C=O) groups excluding carboxylic acids is 1. The van der Waals surface area contributed by atoms with Crippen molar-refractivity contribution in [2.24, 2.45) is 0 Å². The van der Waals surface area contributed by atoms with Crippen LogP contribution in [0.15, 0.2) is 24.3 Å². The van der Waals surface area contributed by atoms with Crippen LogP contribution in [0.1, 0.15) is 38.2 Å². The van der Waals surface area contributed by atoms with E-state index in [1.807, 2.05) is 45.9 Å². The first-order chi connectivity index (χ1) is 10.7. The first kappa shape index (κ1) is 15.9. The Hall–Kier alpha value is -1.99. The van der Waals surface area contributed by atoms with Crippen molar-refractivity contribution in [3.63, 3.8) is 0 Å². The highest BCUT2D eigenvalue weighted by Crippen LogP contribution is 2.36. The molecular formula is C16H19BN2O4. The van der Waals surface area contributed by atoms with Crippen LogP contribution >= 0.6 is 0 Å². The Balaban J connectivity index is 1.94.